The summed E-state index contributed by atoms with van der Waals surface area (Å²) < 4.78 is 0. The number of aryl methyl sites for hydroxylation is 1. The van der Waals surface area contributed by atoms with Crippen molar-refractivity contribution in [1.29, 1.82) is 0 Å². The summed E-state index contributed by atoms with van der Waals surface area (Å²) >= 11 is 0. The molecule has 0 radical (unpaired) electrons. The van der Waals surface area contributed by atoms with E-state index in [1.807, 2.05) is 0 Å². The molecule has 1 nitrogen and oxygen atoms in total. The Morgan fingerprint density at radius 2 is 2.06 bits per heavy atom. The third kappa shape index (κ3) is 1.72. The lowest BCUT2D eigenvalue weighted by atomic mass is 9.80. The van der Waals surface area contributed by atoms with E-state index in [0.29, 0.717) is 5.92 Å². The Bertz CT molecular complexity index is 461. The third-order valence-electron chi connectivity index (χ3n) is 4.79. The number of Topliss-reactive ketones (excluding diaryl/α,β-unsaturated/α-hetero) is 1. The molecule has 0 unspecified atom stereocenters. The highest BCUT2D eigenvalue weighted by Gasteiger charge is 2.41. The molecule has 0 heterocycles. The van der Waals surface area contributed by atoms with Gasteiger partial charge in [0.2, 0.25) is 0 Å². The van der Waals surface area contributed by atoms with Gasteiger partial charge in [-0.3, -0.25) is 4.79 Å². The molecule has 90 valence electrons. The predicted octanol–water partition coefficient (Wildman–Crippen LogP) is 4.10. The minimum atomic E-state index is 0.237. The van der Waals surface area contributed by atoms with Gasteiger partial charge in [0, 0.05) is 5.56 Å². The van der Waals surface area contributed by atoms with E-state index in [4.69, 9.17) is 0 Å². The Morgan fingerprint density at radius 1 is 1.24 bits per heavy atom. The van der Waals surface area contributed by atoms with Gasteiger partial charge in [0.05, 0.1) is 0 Å². The molecule has 3 rings (SSSR count). The molecular weight excluding hydrogens is 208 g/mol. The Kier molecular flexibility index (Phi) is 2.57. The maximum Gasteiger partial charge on any atom is 0.160 e. The fraction of sp³-hybridized carbons (Fsp3) is 0.562. The quantitative estimate of drug-likeness (QED) is 0.696. The van der Waals surface area contributed by atoms with Crippen molar-refractivity contribution in [2.75, 3.05) is 0 Å². The van der Waals surface area contributed by atoms with Crippen molar-refractivity contribution in [3.63, 3.8) is 0 Å². The highest BCUT2D eigenvalue weighted by molar-refractivity contribution is 5.97. The van der Waals surface area contributed by atoms with E-state index in [-0.39, 0.29) is 5.78 Å². The van der Waals surface area contributed by atoms with Gasteiger partial charge in [-0.1, -0.05) is 24.6 Å². The molecular formula is C16H20O. The molecule has 17 heavy (non-hydrogen) atoms. The zero-order valence-corrected chi connectivity index (χ0v) is 10.7. The smallest absolute Gasteiger partial charge is 0.160 e. The van der Waals surface area contributed by atoms with Crippen LogP contribution in [0.2, 0.25) is 0 Å². The maximum atomic E-state index is 11.8. The topological polar surface area (TPSA) is 17.1 Å². The van der Waals surface area contributed by atoms with E-state index in [2.05, 4.69) is 25.1 Å². The summed E-state index contributed by atoms with van der Waals surface area (Å²) in [6, 6.07) is 6.37. The normalized spacial score (nSPS) is 30.8. The van der Waals surface area contributed by atoms with Crippen molar-refractivity contribution >= 4 is 5.78 Å². The molecule has 1 aromatic carbocycles. The van der Waals surface area contributed by atoms with E-state index in [1.54, 1.807) is 6.92 Å². The van der Waals surface area contributed by atoms with E-state index in [9.17, 15) is 4.79 Å². The lowest BCUT2D eigenvalue weighted by molar-refractivity contribution is 0.101. The standard InChI is InChI=1S/C16H20O/c1-10-4-3-5-14(16(10)11(2)17)15-9-12-6-7-13(15)8-12/h3-5,12-13,15H,6-9H2,1-2H3/t12-,13-,15+/m0/s1. The summed E-state index contributed by atoms with van der Waals surface area (Å²) in [5.74, 6) is 2.68. The molecule has 1 aromatic rings. The van der Waals surface area contributed by atoms with Gasteiger partial charge in [-0.15, -0.1) is 0 Å². The Hall–Kier alpha value is -1.11. The van der Waals surface area contributed by atoms with Gasteiger partial charge >= 0.3 is 0 Å². The van der Waals surface area contributed by atoms with Crippen molar-refractivity contribution < 1.29 is 4.79 Å². The Morgan fingerprint density at radius 3 is 2.65 bits per heavy atom. The molecule has 2 saturated carbocycles. The predicted molar refractivity (Wildman–Crippen MR) is 69.4 cm³/mol. The summed E-state index contributed by atoms with van der Waals surface area (Å²) in [6.45, 7) is 3.77. The molecule has 0 N–H and O–H groups in total. The van der Waals surface area contributed by atoms with Crippen molar-refractivity contribution in [1.82, 2.24) is 0 Å². The van der Waals surface area contributed by atoms with Crippen LogP contribution in [-0.2, 0) is 0 Å². The molecule has 0 spiro atoms. The van der Waals surface area contributed by atoms with Crippen molar-refractivity contribution in [3.05, 3.63) is 34.9 Å². The number of fused-ring (bicyclic) bond motifs is 2. The summed E-state index contributed by atoms with van der Waals surface area (Å²) in [6.07, 6.45) is 5.51. The Labute approximate surface area is 103 Å². The summed E-state index contributed by atoms with van der Waals surface area (Å²) in [7, 11) is 0. The molecule has 0 amide bonds. The second-order valence-electron chi connectivity index (χ2n) is 5.88. The van der Waals surface area contributed by atoms with Crippen LogP contribution < -0.4 is 0 Å². The SMILES string of the molecule is CC(=O)c1c(C)cccc1[C@@H]1C[C@H]2CC[C@H]1C2. The number of carbonyl (C=O) groups is 1. The monoisotopic (exact) mass is 228 g/mol. The summed E-state index contributed by atoms with van der Waals surface area (Å²) in [5, 5.41) is 0. The van der Waals surface area contributed by atoms with Crippen molar-refractivity contribution in [2.45, 2.75) is 45.4 Å². The molecule has 0 saturated heterocycles. The van der Waals surface area contributed by atoms with Crippen LogP contribution in [0.15, 0.2) is 18.2 Å². The second-order valence-corrected chi connectivity index (χ2v) is 5.88. The van der Waals surface area contributed by atoms with Gasteiger partial charge in [-0.2, -0.15) is 0 Å². The first-order valence-electron chi connectivity index (χ1n) is 6.77. The lowest BCUT2D eigenvalue weighted by Crippen LogP contribution is -2.13. The van der Waals surface area contributed by atoms with Gasteiger partial charge in [0.1, 0.15) is 0 Å². The highest BCUT2D eigenvalue weighted by Crippen LogP contribution is 2.53. The summed E-state index contributed by atoms with van der Waals surface area (Å²) in [4.78, 5) is 11.8. The third-order valence-corrected chi connectivity index (χ3v) is 4.79. The van der Waals surface area contributed by atoms with Crippen molar-refractivity contribution in [3.8, 4) is 0 Å². The van der Waals surface area contributed by atoms with Gasteiger partial charge in [-0.05, 0) is 62.0 Å². The van der Waals surface area contributed by atoms with Gasteiger partial charge in [0.15, 0.2) is 5.78 Å². The molecule has 3 atom stereocenters. The van der Waals surface area contributed by atoms with Crippen LogP contribution in [-0.4, -0.2) is 5.78 Å². The minimum Gasteiger partial charge on any atom is -0.294 e. The van der Waals surface area contributed by atoms with Crippen LogP contribution in [0, 0.1) is 18.8 Å². The van der Waals surface area contributed by atoms with Crippen LogP contribution in [0.25, 0.3) is 0 Å². The number of benzene rings is 1. The number of hydrogen-bond donors (Lipinski definition) is 0. The van der Waals surface area contributed by atoms with E-state index in [0.717, 1.165) is 23.0 Å². The summed E-state index contributed by atoms with van der Waals surface area (Å²) in [5.41, 5.74) is 3.49. The van der Waals surface area contributed by atoms with Crippen LogP contribution >= 0.6 is 0 Å². The number of ketones is 1. The largest absolute Gasteiger partial charge is 0.294 e. The number of hydrogen-bond acceptors (Lipinski definition) is 1. The van der Waals surface area contributed by atoms with Crippen LogP contribution in [0.1, 0.15) is 60.0 Å². The first-order valence-corrected chi connectivity index (χ1v) is 6.77. The molecule has 0 aromatic heterocycles. The number of carbonyl (C=O) groups excluding carboxylic acids is 1. The molecule has 1 heteroatoms. The molecule has 2 fully saturated rings. The molecule has 2 aliphatic rings. The maximum absolute atomic E-state index is 11.8. The second kappa shape index (κ2) is 3.97. The van der Waals surface area contributed by atoms with Gasteiger partial charge in [-0.25, -0.2) is 0 Å². The zero-order chi connectivity index (χ0) is 12.0. The van der Waals surface area contributed by atoms with Crippen LogP contribution in [0.4, 0.5) is 0 Å². The van der Waals surface area contributed by atoms with E-state index in [1.165, 1.54) is 31.2 Å². The van der Waals surface area contributed by atoms with Gasteiger partial charge in [0.25, 0.3) is 0 Å². The molecule has 2 bridgehead atoms. The van der Waals surface area contributed by atoms with Gasteiger partial charge < -0.3 is 0 Å². The Balaban J connectivity index is 2.03. The first-order chi connectivity index (χ1) is 8.16. The fourth-order valence-corrected chi connectivity index (χ4v) is 4.11. The van der Waals surface area contributed by atoms with Crippen LogP contribution in [0.5, 0.6) is 0 Å². The zero-order valence-electron chi connectivity index (χ0n) is 10.7. The van der Waals surface area contributed by atoms with Crippen molar-refractivity contribution in [2.24, 2.45) is 11.8 Å². The fourth-order valence-electron chi connectivity index (χ4n) is 4.11. The highest BCUT2D eigenvalue weighted by atomic mass is 16.1. The van der Waals surface area contributed by atoms with E-state index < -0.39 is 0 Å². The average molecular weight is 228 g/mol. The minimum absolute atomic E-state index is 0.237. The molecule has 0 aliphatic heterocycles. The van der Waals surface area contributed by atoms with E-state index >= 15 is 0 Å². The lowest BCUT2D eigenvalue weighted by Gasteiger charge is -2.24. The van der Waals surface area contributed by atoms with Crippen LogP contribution in [0.3, 0.4) is 0 Å². The average Bonchev–Trinajstić information content (AvgIpc) is 2.89. The first kappa shape index (κ1) is 11.0. The molecule has 2 aliphatic carbocycles. The number of rotatable bonds is 2.